The molecule has 0 aliphatic rings. The van der Waals surface area contributed by atoms with E-state index in [4.69, 9.17) is 19.2 Å². The topological polar surface area (TPSA) is 77.8 Å². The fraction of sp³-hybridized carbons (Fsp3) is 0.667. The van der Waals surface area contributed by atoms with Crippen LogP contribution in [0.2, 0.25) is 0 Å². The highest BCUT2D eigenvalue weighted by Gasteiger charge is 2.00. The van der Waals surface area contributed by atoms with Crippen LogP contribution in [-0.4, -0.2) is 14.7 Å². The number of rotatable bonds is 1. The first-order valence-corrected chi connectivity index (χ1v) is 4.75. The summed E-state index contributed by atoms with van der Waals surface area (Å²) < 4.78 is 8.88. The molecule has 5 heteroatoms. The lowest BCUT2D eigenvalue weighted by atomic mass is 10.2. The Kier molecular flexibility index (Phi) is 8.01. The quantitative estimate of drug-likeness (QED) is 0.421. The third-order valence-corrected chi connectivity index (χ3v) is 0.577. The predicted octanol–water partition coefficient (Wildman–Crippen LogP) is 1.29. The molecule has 0 heterocycles. The molecule has 3 N–H and O–H groups in total. The average Bonchev–Trinajstić information content (AvgIpc) is 1.58. The smallest absolute Gasteiger partial charge is 0.303 e. The number of phosphoric acid groups is 1. The molecule has 0 amide bonds. The van der Waals surface area contributed by atoms with Crippen LogP contribution in [0.5, 0.6) is 0 Å². The van der Waals surface area contributed by atoms with Crippen LogP contribution in [0, 0.1) is 5.92 Å². The molecule has 0 radical (unpaired) electrons. The Bertz CT molecular complexity index is 138. The van der Waals surface area contributed by atoms with E-state index in [2.05, 4.69) is 26.0 Å². The van der Waals surface area contributed by atoms with Gasteiger partial charge < -0.3 is 14.7 Å². The fourth-order valence-electron chi connectivity index (χ4n) is 0.385. The zero-order valence-corrected chi connectivity index (χ0v) is 7.82. The number of hydrogen-bond acceptors (Lipinski definition) is 1. The molecule has 4 nitrogen and oxygen atoms in total. The molecule has 0 aromatic carbocycles. The van der Waals surface area contributed by atoms with Crippen molar-refractivity contribution in [2.75, 3.05) is 0 Å². The third kappa shape index (κ3) is 74.7. The number of hydrogen-bond donors (Lipinski definition) is 3. The van der Waals surface area contributed by atoms with Gasteiger partial charge in [-0.05, 0) is 12.8 Å². The lowest BCUT2D eigenvalue weighted by molar-refractivity contribution is 0.275. The molecule has 0 aliphatic carbocycles. The summed E-state index contributed by atoms with van der Waals surface area (Å²) in [6.07, 6.45) is 4.24. The molecule has 0 saturated carbocycles. The molecule has 0 fully saturated rings. The maximum absolute atomic E-state index is 8.88. The van der Waals surface area contributed by atoms with Crippen LogP contribution in [0.4, 0.5) is 0 Å². The van der Waals surface area contributed by atoms with Crippen molar-refractivity contribution in [1.29, 1.82) is 0 Å². The minimum atomic E-state index is -4.64. The Balaban J connectivity index is 0. The van der Waals surface area contributed by atoms with Crippen LogP contribution in [0.25, 0.3) is 0 Å². The molecule has 0 bridgehead atoms. The van der Waals surface area contributed by atoms with E-state index in [0.717, 1.165) is 5.92 Å². The lowest BCUT2D eigenvalue weighted by Gasteiger charge is -1.86. The summed E-state index contributed by atoms with van der Waals surface area (Å²) >= 11 is 0. The van der Waals surface area contributed by atoms with E-state index in [1.165, 1.54) is 0 Å². The van der Waals surface area contributed by atoms with E-state index < -0.39 is 7.82 Å². The molecule has 11 heavy (non-hydrogen) atoms. The van der Waals surface area contributed by atoms with Crippen molar-refractivity contribution in [3.63, 3.8) is 0 Å². The van der Waals surface area contributed by atoms with Crippen molar-refractivity contribution >= 4 is 7.82 Å². The second-order valence-electron chi connectivity index (χ2n) is 2.28. The van der Waals surface area contributed by atoms with Crippen LogP contribution in [0.3, 0.4) is 0 Å². The standard InChI is InChI=1S/C6H12.H3O4P/c1-4-5-6(2)3;1-5(2,3)4/h4-6H,1-3H3;(H3,1,2,3,4). The van der Waals surface area contributed by atoms with Crippen LogP contribution in [0.1, 0.15) is 20.8 Å². The minimum absolute atomic E-state index is 0.718. The molecule has 0 unspecified atom stereocenters. The van der Waals surface area contributed by atoms with Gasteiger partial charge in [-0.2, -0.15) is 0 Å². The third-order valence-electron chi connectivity index (χ3n) is 0.577. The van der Waals surface area contributed by atoms with Crippen molar-refractivity contribution in [3.05, 3.63) is 12.2 Å². The first-order valence-electron chi connectivity index (χ1n) is 3.18. The molecule has 0 saturated heterocycles. The first kappa shape index (κ1) is 13.4. The molecule has 0 atom stereocenters. The summed E-state index contributed by atoms with van der Waals surface area (Å²) in [5, 5.41) is 0. The van der Waals surface area contributed by atoms with Gasteiger partial charge in [0, 0.05) is 0 Å². The molecule has 0 aromatic rings. The molecule has 0 spiro atoms. The van der Waals surface area contributed by atoms with Crippen LogP contribution >= 0.6 is 7.82 Å². The van der Waals surface area contributed by atoms with E-state index in [-0.39, 0.29) is 0 Å². The fourth-order valence-corrected chi connectivity index (χ4v) is 0.385. The Morgan fingerprint density at radius 2 is 1.55 bits per heavy atom. The second kappa shape index (κ2) is 6.55. The predicted molar refractivity (Wildman–Crippen MR) is 43.9 cm³/mol. The Labute approximate surface area is 66.8 Å². The summed E-state index contributed by atoms with van der Waals surface area (Å²) in [4.78, 5) is 21.6. The van der Waals surface area contributed by atoms with Crippen molar-refractivity contribution in [2.24, 2.45) is 5.92 Å². The normalized spacial score (nSPS) is 11.5. The van der Waals surface area contributed by atoms with Gasteiger partial charge in [-0.3, -0.25) is 0 Å². The Hall–Kier alpha value is -0.150. The molecule has 0 aromatic heterocycles. The molecule has 68 valence electrons. The zero-order valence-electron chi connectivity index (χ0n) is 6.93. The highest BCUT2D eigenvalue weighted by molar-refractivity contribution is 7.45. The lowest BCUT2D eigenvalue weighted by Crippen LogP contribution is -1.73. The van der Waals surface area contributed by atoms with Gasteiger partial charge in [-0.25, -0.2) is 4.57 Å². The largest absolute Gasteiger partial charge is 0.466 e. The summed E-state index contributed by atoms with van der Waals surface area (Å²) in [7, 11) is -4.64. The first-order chi connectivity index (χ1) is 4.77. The second-order valence-corrected chi connectivity index (χ2v) is 3.31. The van der Waals surface area contributed by atoms with Gasteiger partial charge in [0.15, 0.2) is 0 Å². The average molecular weight is 182 g/mol. The molecular formula is C6H15O4P. The Morgan fingerprint density at radius 3 is 1.55 bits per heavy atom. The molecule has 0 rings (SSSR count). The monoisotopic (exact) mass is 182 g/mol. The van der Waals surface area contributed by atoms with Crippen molar-refractivity contribution < 1.29 is 19.2 Å². The van der Waals surface area contributed by atoms with E-state index in [1.54, 1.807) is 0 Å². The SMILES string of the molecule is CC=CC(C)C.O=P(O)(O)O. The van der Waals surface area contributed by atoms with Gasteiger partial charge >= 0.3 is 7.82 Å². The highest BCUT2D eigenvalue weighted by Crippen LogP contribution is 2.25. The Morgan fingerprint density at radius 1 is 1.27 bits per heavy atom. The van der Waals surface area contributed by atoms with Gasteiger partial charge in [-0.15, -0.1) is 0 Å². The molecule has 0 aliphatic heterocycles. The molecular weight excluding hydrogens is 167 g/mol. The minimum Gasteiger partial charge on any atom is -0.303 e. The summed E-state index contributed by atoms with van der Waals surface area (Å²) in [5.74, 6) is 0.718. The van der Waals surface area contributed by atoms with Gasteiger partial charge in [-0.1, -0.05) is 26.0 Å². The van der Waals surface area contributed by atoms with Crippen molar-refractivity contribution in [1.82, 2.24) is 0 Å². The maximum atomic E-state index is 8.88. The highest BCUT2D eigenvalue weighted by atomic mass is 31.2. The summed E-state index contributed by atoms with van der Waals surface area (Å²) in [5.41, 5.74) is 0. The van der Waals surface area contributed by atoms with Crippen LogP contribution in [0.15, 0.2) is 12.2 Å². The van der Waals surface area contributed by atoms with Gasteiger partial charge in [0.25, 0.3) is 0 Å². The van der Waals surface area contributed by atoms with E-state index >= 15 is 0 Å². The van der Waals surface area contributed by atoms with E-state index in [9.17, 15) is 0 Å². The number of allylic oxidation sites excluding steroid dienone is 2. The van der Waals surface area contributed by atoms with E-state index in [1.807, 2.05) is 6.92 Å². The van der Waals surface area contributed by atoms with Crippen LogP contribution < -0.4 is 0 Å². The van der Waals surface area contributed by atoms with Gasteiger partial charge in [0.1, 0.15) is 0 Å². The van der Waals surface area contributed by atoms with Crippen molar-refractivity contribution in [3.8, 4) is 0 Å². The maximum Gasteiger partial charge on any atom is 0.466 e. The summed E-state index contributed by atoms with van der Waals surface area (Å²) in [6.45, 7) is 6.38. The van der Waals surface area contributed by atoms with E-state index in [0.29, 0.717) is 0 Å². The van der Waals surface area contributed by atoms with Gasteiger partial charge in [0.05, 0.1) is 0 Å². The van der Waals surface area contributed by atoms with Crippen LogP contribution in [-0.2, 0) is 4.57 Å². The van der Waals surface area contributed by atoms with Gasteiger partial charge in [0.2, 0.25) is 0 Å². The van der Waals surface area contributed by atoms with Crippen molar-refractivity contribution in [2.45, 2.75) is 20.8 Å². The zero-order chi connectivity index (χ0) is 9.49. The summed E-state index contributed by atoms with van der Waals surface area (Å²) in [6, 6.07) is 0.